The first-order valence-corrected chi connectivity index (χ1v) is 14.1. The van der Waals surface area contributed by atoms with Crippen molar-refractivity contribution in [2.24, 2.45) is 5.41 Å². The van der Waals surface area contributed by atoms with E-state index in [4.69, 9.17) is 4.74 Å². The van der Waals surface area contributed by atoms with E-state index in [9.17, 15) is 18.3 Å². The molecular weight excluding hydrogens is 486 g/mol. The number of hydrogen-bond donors (Lipinski definition) is 2. The van der Waals surface area contributed by atoms with Gasteiger partial charge in [0.1, 0.15) is 23.1 Å². The first-order valence-electron chi connectivity index (χ1n) is 11.8. The Kier molecular flexibility index (Phi) is 9.55. The standard InChI is InChI=1S/C26H39NO6S2/c1-9-26(10-2,19-11-12-20(17(3)13-19)33-16-21(28)25(5,6)7)22-14-18(4)24(34-22)35(30,31)27-15-23(29)32-8/h11-14,21,27-28H,9-10,15-16H2,1-8H3. The summed E-state index contributed by atoms with van der Waals surface area (Å²) in [6, 6.07) is 7.97. The maximum Gasteiger partial charge on any atom is 0.320 e. The molecule has 1 atom stereocenters. The zero-order valence-corrected chi connectivity index (χ0v) is 23.7. The van der Waals surface area contributed by atoms with Gasteiger partial charge in [-0.25, -0.2) is 8.42 Å². The molecule has 0 spiro atoms. The maximum atomic E-state index is 12.9. The molecule has 2 aromatic rings. The highest BCUT2D eigenvalue weighted by Crippen LogP contribution is 2.45. The number of carbonyl (C=O) groups is 1. The van der Waals surface area contributed by atoms with Crippen LogP contribution in [-0.4, -0.2) is 45.9 Å². The van der Waals surface area contributed by atoms with Crippen molar-refractivity contribution >= 4 is 27.3 Å². The van der Waals surface area contributed by atoms with Gasteiger partial charge in [0.15, 0.2) is 0 Å². The third-order valence-electron chi connectivity index (χ3n) is 6.55. The fraction of sp³-hybridized carbons (Fsp3) is 0.577. The summed E-state index contributed by atoms with van der Waals surface area (Å²) in [6.45, 7) is 13.6. The molecule has 0 fully saturated rings. The van der Waals surface area contributed by atoms with E-state index in [-0.39, 0.29) is 21.6 Å². The predicted molar refractivity (Wildman–Crippen MR) is 140 cm³/mol. The summed E-state index contributed by atoms with van der Waals surface area (Å²) in [7, 11) is -2.64. The number of benzene rings is 1. The number of aliphatic hydroxyl groups is 1. The van der Waals surface area contributed by atoms with Crippen molar-refractivity contribution in [1.29, 1.82) is 0 Å². The van der Waals surface area contributed by atoms with Crippen molar-refractivity contribution in [3.8, 4) is 5.75 Å². The second-order valence-corrected chi connectivity index (χ2v) is 13.0. The minimum Gasteiger partial charge on any atom is -0.491 e. The molecule has 2 N–H and O–H groups in total. The molecule has 0 saturated carbocycles. The van der Waals surface area contributed by atoms with E-state index in [2.05, 4.69) is 29.4 Å². The first kappa shape index (κ1) is 29.3. The highest BCUT2D eigenvalue weighted by molar-refractivity contribution is 7.91. The summed E-state index contributed by atoms with van der Waals surface area (Å²) in [5.41, 5.74) is 2.03. The Balaban J connectivity index is 2.40. The van der Waals surface area contributed by atoms with Gasteiger partial charge in [0.05, 0.1) is 13.2 Å². The lowest BCUT2D eigenvalue weighted by Gasteiger charge is -2.32. The number of aryl methyl sites for hydroxylation is 2. The van der Waals surface area contributed by atoms with Gasteiger partial charge >= 0.3 is 5.97 Å². The van der Waals surface area contributed by atoms with Crippen LogP contribution in [0.25, 0.3) is 0 Å². The maximum absolute atomic E-state index is 12.9. The molecule has 0 amide bonds. The van der Waals surface area contributed by atoms with Gasteiger partial charge in [-0.1, -0.05) is 46.8 Å². The zero-order valence-electron chi connectivity index (χ0n) is 22.0. The predicted octanol–water partition coefficient (Wildman–Crippen LogP) is 4.71. The molecule has 2 rings (SSSR count). The lowest BCUT2D eigenvalue weighted by Crippen LogP contribution is -2.32. The molecule has 0 radical (unpaired) electrons. The summed E-state index contributed by atoms with van der Waals surface area (Å²) in [5.74, 6) is 0.0723. The molecule has 0 aliphatic carbocycles. The lowest BCUT2D eigenvalue weighted by molar-refractivity contribution is -0.139. The second kappa shape index (κ2) is 11.4. The molecule has 1 heterocycles. The molecule has 9 heteroatoms. The fourth-order valence-electron chi connectivity index (χ4n) is 3.94. The Morgan fingerprint density at radius 1 is 1.11 bits per heavy atom. The van der Waals surface area contributed by atoms with Crippen molar-refractivity contribution < 1.29 is 27.8 Å². The van der Waals surface area contributed by atoms with Crippen molar-refractivity contribution in [2.45, 2.75) is 77.0 Å². The molecule has 35 heavy (non-hydrogen) atoms. The van der Waals surface area contributed by atoms with E-state index >= 15 is 0 Å². The largest absolute Gasteiger partial charge is 0.491 e. The van der Waals surface area contributed by atoms with E-state index in [1.54, 1.807) is 6.92 Å². The number of esters is 1. The summed E-state index contributed by atoms with van der Waals surface area (Å²) in [4.78, 5) is 12.4. The number of sulfonamides is 1. The van der Waals surface area contributed by atoms with Crippen LogP contribution in [0.1, 0.15) is 69.0 Å². The number of rotatable bonds is 11. The fourth-order valence-corrected chi connectivity index (χ4v) is 7.00. The Labute approximate surface area is 213 Å². The number of aliphatic hydroxyl groups excluding tert-OH is 1. The normalized spacial score (nSPS) is 13.5. The van der Waals surface area contributed by atoms with Crippen LogP contribution in [0, 0.1) is 19.3 Å². The monoisotopic (exact) mass is 525 g/mol. The molecule has 196 valence electrons. The third kappa shape index (κ3) is 6.64. The summed E-state index contributed by atoms with van der Waals surface area (Å²) in [5, 5.41) is 10.3. The number of hydrogen-bond acceptors (Lipinski definition) is 7. The van der Waals surface area contributed by atoms with E-state index in [0.717, 1.165) is 34.6 Å². The van der Waals surface area contributed by atoms with Crippen LogP contribution < -0.4 is 9.46 Å². The molecule has 1 aromatic carbocycles. The Hall–Kier alpha value is -1.94. The smallest absolute Gasteiger partial charge is 0.320 e. The van der Waals surface area contributed by atoms with Gasteiger partial charge in [-0.2, -0.15) is 4.72 Å². The third-order valence-corrected chi connectivity index (χ3v) is 10.0. The molecular formula is C26H39NO6S2. The van der Waals surface area contributed by atoms with E-state index in [0.29, 0.717) is 5.56 Å². The van der Waals surface area contributed by atoms with Gasteiger partial charge in [0.2, 0.25) is 0 Å². The molecule has 0 aliphatic rings. The molecule has 0 bridgehead atoms. The van der Waals surface area contributed by atoms with Crippen LogP contribution >= 0.6 is 11.3 Å². The van der Waals surface area contributed by atoms with Crippen LogP contribution in [0.15, 0.2) is 28.5 Å². The second-order valence-electron chi connectivity index (χ2n) is 9.94. The number of nitrogens with one attached hydrogen (secondary N) is 1. The van der Waals surface area contributed by atoms with E-state index in [1.165, 1.54) is 18.4 Å². The lowest BCUT2D eigenvalue weighted by atomic mass is 9.74. The van der Waals surface area contributed by atoms with Crippen LogP contribution in [0.5, 0.6) is 5.75 Å². The van der Waals surface area contributed by atoms with Crippen LogP contribution in [0.3, 0.4) is 0 Å². The average Bonchev–Trinajstić information content (AvgIpc) is 3.20. The summed E-state index contributed by atoms with van der Waals surface area (Å²) >= 11 is 1.24. The SMILES string of the molecule is CCC(CC)(c1ccc(OCC(O)C(C)(C)C)c(C)c1)c1cc(C)c(S(=O)(=O)NCC(=O)OC)s1. The molecule has 0 saturated heterocycles. The quantitative estimate of drug-likeness (QED) is 0.412. The van der Waals surface area contributed by atoms with Crippen molar-refractivity contribution in [1.82, 2.24) is 4.72 Å². The van der Waals surface area contributed by atoms with Gasteiger partial charge in [0, 0.05) is 10.3 Å². The van der Waals surface area contributed by atoms with Gasteiger partial charge in [-0.3, -0.25) is 4.79 Å². The van der Waals surface area contributed by atoms with Gasteiger partial charge in [-0.05, 0) is 60.9 Å². The van der Waals surface area contributed by atoms with Crippen LogP contribution in [0.4, 0.5) is 0 Å². The van der Waals surface area contributed by atoms with Crippen molar-refractivity contribution in [3.63, 3.8) is 0 Å². The Morgan fingerprint density at radius 3 is 2.26 bits per heavy atom. The average molecular weight is 526 g/mol. The molecule has 0 aliphatic heterocycles. The number of methoxy groups -OCH3 is 1. The van der Waals surface area contributed by atoms with Crippen LogP contribution in [-0.2, 0) is 25.0 Å². The zero-order chi connectivity index (χ0) is 26.6. The molecule has 7 nitrogen and oxygen atoms in total. The highest BCUT2D eigenvalue weighted by Gasteiger charge is 2.35. The first-order chi connectivity index (χ1) is 16.2. The van der Waals surface area contributed by atoms with Gasteiger partial charge < -0.3 is 14.6 Å². The minimum absolute atomic E-state index is 0.204. The van der Waals surface area contributed by atoms with Gasteiger partial charge in [-0.15, -0.1) is 11.3 Å². The minimum atomic E-state index is -3.85. The van der Waals surface area contributed by atoms with Crippen LogP contribution in [0.2, 0.25) is 0 Å². The Morgan fingerprint density at radius 2 is 1.74 bits per heavy atom. The highest BCUT2D eigenvalue weighted by atomic mass is 32.2. The Bertz CT molecular complexity index is 1130. The molecule has 1 unspecified atom stereocenters. The molecule has 1 aromatic heterocycles. The number of carbonyl (C=O) groups excluding carboxylic acids is 1. The summed E-state index contributed by atoms with van der Waals surface area (Å²) < 4.78 is 38.7. The van der Waals surface area contributed by atoms with Crippen molar-refractivity contribution in [2.75, 3.05) is 20.3 Å². The summed E-state index contributed by atoms with van der Waals surface area (Å²) in [6.07, 6.45) is 0.969. The van der Waals surface area contributed by atoms with E-state index in [1.807, 2.05) is 45.9 Å². The number of thiophene rings is 1. The van der Waals surface area contributed by atoms with E-state index < -0.39 is 28.6 Å². The van der Waals surface area contributed by atoms with Gasteiger partial charge in [0.25, 0.3) is 10.0 Å². The number of ether oxygens (including phenoxy) is 2. The topological polar surface area (TPSA) is 102 Å². The van der Waals surface area contributed by atoms with Crippen molar-refractivity contribution in [3.05, 3.63) is 45.8 Å².